The lowest BCUT2D eigenvalue weighted by Gasteiger charge is -2.39. The van der Waals surface area contributed by atoms with Crippen molar-refractivity contribution >= 4 is 0 Å². The molecule has 0 fully saturated rings. The van der Waals surface area contributed by atoms with Crippen molar-refractivity contribution in [1.29, 1.82) is 0 Å². The largest absolute Gasteiger partial charge is 0.508 e. The van der Waals surface area contributed by atoms with E-state index >= 15 is 0 Å². The van der Waals surface area contributed by atoms with Crippen LogP contribution in [0, 0.1) is 0 Å². The third-order valence-corrected chi connectivity index (χ3v) is 6.78. The summed E-state index contributed by atoms with van der Waals surface area (Å²) in [5.41, 5.74) is 4.45. The molecule has 172 valence electrons. The van der Waals surface area contributed by atoms with Crippen molar-refractivity contribution in [3.8, 4) is 11.5 Å². The van der Waals surface area contributed by atoms with E-state index in [2.05, 4.69) is 39.8 Å². The van der Waals surface area contributed by atoms with Crippen LogP contribution in [0.1, 0.15) is 114 Å². The van der Waals surface area contributed by atoms with Gasteiger partial charge in [-0.2, -0.15) is 0 Å². The monoisotopic (exact) mass is 424 g/mol. The van der Waals surface area contributed by atoms with Crippen LogP contribution in [0.15, 0.2) is 36.4 Å². The molecule has 2 rings (SSSR count). The molecule has 31 heavy (non-hydrogen) atoms. The van der Waals surface area contributed by atoms with Gasteiger partial charge in [0.2, 0.25) is 0 Å². The predicted molar refractivity (Wildman–Crippen MR) is 133 cm³/mol. The van der Waals surface area contributed by atoms with E-state index < -0.39 is 0 Å². The number of phenolic OH excluding ortho intramolecular Hbond substituents is 2. The van der Waals surface area contributed by atoms with Crippen LogP contribution in [0.4, 0.5) is 0 Å². The molecule has 0 unspecified atom stereocenters. The molecule has 0 saturated carbocycles. The van der Waals surface area contributed by atoms with Crippen LogP contribution in [0.5, 0.6) is 11.5 Å². The van der Waals surface area contributed by atoms with Gasteiger partial charge in [-0.15, -0.1) is 0 Å². The number of aryl methyl sites for hydroxylation is 1. The Hall–Kier alpha value is -1.96. The van der Waals surface area contributed by atoms with E-state index in [-0.39, 0.29) is 5.41 Å². The fraction of sp³-hybridized carbons (Fsp3) is 0.586. The van der Waals surface area contributed by atoms with Crippen LogP contribution in [-0.2, 0) is 18.3 Å². The minimum absolute atomic E-state index is 0.354. The number of benzene rings is 2. The molecule has 0 spiro atoms. The second-order valence-corrected chi connectivity index (χ2v) is 9.11. The molecule has 0 aliphatic heterocycles. The molecule has 2 aromatic rings. The summed E-state index contributed by atoms with van der Waals surface area (Å²) in [5, 5.41) is 22.3. The molecule has 0 bridgehead atoms. The Kier molecular flexibility index (Phi) is 10.4. The highest BCUT2D eigenvalue weighted by Gasteiger charge is 2.39. The molecule has 0 amide bonds. The van der Waals surface area contributed by atoms with Gasteiger partial charge in [0.15, 0.2) is 0 Å². The molecular weight excluding hydrogens is 380 g/mol. The van der Waals surface area contributed by atoms with Crippen LogP contribution in [0.25, 0.3) is 0 Å². The molecule has 2 nitrogen and oxygen atoms in total. The standard InChI is InChI=1S/C29H44O2/c1-5-9-15-23-19-20-27(31)28(24(23)16-10-6-2)29(21-11-7-3,22-12-8-4)25-17-13-14-18-26(25)30/h13-14,17-20,30-31H,5-12,15-16,21-22H2,1-4H3. The predicted octanol–water partition coefficient (Wildman–Crippen LogP) is 8.45. The summed E-state index contributed by atoms with van der Waals surface area (Å²) in [6.45, 7) is 8.93. The average molecular weight is 425 g/mol. The average Bonchev–Trinajstić information content (AvgIpc) is 2.78. The first-order chi connectivity index (χ1) is 15.1. The zero-order valence-electron chi connectivity index (χ0n) is 20.3. The summed E-state index contributed by atoms with van der Waals surface area (Å²) >= 11 is 0. The van der Waals surface area contributed by atoms with Crippen molar-refractivity contribution in [2.24, 2.45) is 0 Å². The quantitative estimate of drug-likeness (QED) is 0.319. The first-order valence-electron chi connectivity index (χ1n) is 12.7. The van der Waals surface area contributed by atoms with Crippen molar-refractivity contribution in [2.75, 3.05) is 0 Å². The molecule has 2 N–H and O–H groups in total. The van der Waals surface area contributed by atoms with Gasteiger partial charge in [-0.1, -0.05) is 90.5 Å². The van der Waals surface area contributed by atoms with Gasteiger partial charge in [0.05, 0.1) is 0 Å². The number of rotatable bonds is 14. The lowest BCUT2D eigenvalue weighted by molar-refractivity contribution is 0.359. The van der Waals surface area contributed by atoms with Crippen molar-refractivity contribution in [1.82, 2.24) is 0 Å². The number of hydrogen-bond acceptors (Lipinski definition) is 2. The fourth-order valence-corrected chi connectivity index (χ4v) is 5.07. The molecule has 2 aromatic carbocycles. The molecule has 0 heterocycles. The van der Waals surface area contributed by atoms with E-state index in [1.807, 2.05) is 24.3 Å². The SMILES string of the molecule is CCCCc1ccc(O)c(C(CCCC)(CCCC)c2ccccc2O)c1CCCC. The Labute approximate surface area is 190 Å². The number of para-hydroxylation sites is 1. The Morgan fingerprint density at radius 2 is 1.23 bits per heavy atom. The smallest absolute Gasteiger partial charge is 0.119 e. The lowest BCUT2D eigenvalue weighted by atomic mass is 9.65. The number of aromatic hydroxyl groups is 2. The third-order valence-electron chi connectivity index (χ3n) is 6.78. The third kappa shape index (κ3) is 6.05. The van der Waals surface area contributed by atoms with E-state index in [0.717, 1.165) is 81.8 Å². The van der Waals surface area contributed by atoms with Crippen LogP contribution < -0.4 is 0 Å². The van der Waals surface area contributed by atoms with E-state index in [1.165, 1.54) is 17.5 Å². The fourth-order valence-electron chi connectivity index (χ4n) is 5.07. The van der Waals surface area contributed by atoms with Gasteiger partial charge in [0.25, 0.3) is 0 Å². The summed E-state index contributed by atoms with van der Waals surface area (Å²) in [4.78, 5) is 0. The summed E-state index contributed by atoms with van der Waals surface area (Å²) in [5.74, 6) is 0.760. The maximum absolute atomic E-state index is 11.3. The molecule has 0 saturated heterocycles. The highest BCUT2D eigenvalue weighted by molar-refractivity contribution is 5.56. The zero-order valence-corrected chi connectivity index (χ0v) is 20.3. The zero-order chi connectivity index (χ0) is 22.7. The van der Waals surface area contributed by atoms with Gasteiger partial charge in [0, 0.05) is 16.5 Å². The van der Waals surface area contributed by atoms with E-state index in [0.29, 0.717) is 11.5 Å². The van der Waals surface area contributed by atoms with E-state index in [9.17, 15) is 10.2 Å². The van der Waals surface area contributed by atoms with E-state index in [1.54, 1.807) is 0 Å². The van der Waals surface area contributed by atoms with Gasteiger partial charge < -0.3 is 10.2 Å². The maximum Gasteiger partial charge on any atom is 0.119 e. The molecule has 0 radical (unpaired) electrons. The first kappa shape index (κ1) is 25.3. The van der Waals surface area contributed by atoms with Crippen molar-refractivity contribution in [2.45, 2.75) is 110 Å². The van der Waals surface area contributed by atoms with Crippen LogP contribution in [0.2, 0.25) is 0 Å². The molecule has 0 aliphatic carbocycles. The van der Waals surface area contributed by atoms with Crippen molar-refractivity contribution in [3.63, 3.8) is 0 Å². The van der Waals surface area contributed by atoms with Gasteiger partial charge in [0.1, 0.15) is 11.5 Å². The van der Waals surface area contributed by atoms with E-state index in [4.69, 9.17) is 0 Å². The molecular formula is C29H44O2. The molecule has 0 atom stereocenters. The second-order valence-electron chi connectivity index (χ2n) is 9.11. The minimum Gasteiger partial charge on any atom is -0.508 e. The van der Waals surface area contributed by atoms with Gasteiger partial charge in [-0.25, -0.2) is 0 Å². The van der Waals surface area contributed by atoms with Gasteiger partial charge in [-0.3, -0.25) is 0 Å². The van der Waals surface area contributed by atoms with Crippen LogP contribution >= 0.6 is 0 Å². The summed E-state index contributed by atoms with van der Waals surface area (Å²) < 4.78 is 0. The topological polar surface area (TPSA) is 40.5 Å². The second kappa shape index (κ2) is 12.8. The number of unbranched alkanes of at least 4 members (excludes halogenated alkanes) is 4. The highest BCUT2D eigenvalue weighted by atomic mass is 16.3. The Morgan fingerprint density at radius 3 is 1.81 bits per heavy atom. The summed E-state index contributed by atoms with van der Waals surface area (Å²) in [7, 11) is 0. The van der Waals surface area contributed by atoms with Gasteiger partial charge >= 0.3 is 0 Å². The van der Waals surface area contributed by atoms with Crippen LogP contribution in [-0.4, -0.2) is 10.2 Å². The highest BCUT2D eigenvalue weighted by Crippen LogP contribution is 2.50. The van der Waals surface area contributed by atoms with Crippen molar-refractivity contribution < 1.29 is 10.2 Å². The van der Waals surface area contributed by atoms with Crippen LogP contribution in [0.3, 0.4) is 0 Å². The number of phenols is 2. The first-order valence-corrected chi connectivity index (χ1v) is 12.7. The maximum atomic E-state index is 11.3. The van der Waals surface area contributed by atoms with Gasteiger partial charge in [-0.05, 0) is 61.8 Å². The lowest BCUT2D eigenvalue weighted by Crippen LogP contribution is -2.30. The number of hydrogen-bond donors (Lipinski definition) is 2. The Bertz CT molecular complexity index is 785. The minimum atomic E-state index is -0.354. The normalized spacial score (nSPS) is 11.7. The summed E-state index contributed by atoms with van der Waals surface area (Å²) in [6, 6.07) is 11.9. The Balaban J connectivity index is 2.83. The molecule has 2 heteroatoms. The molecule has 0 aliphatic rings. The summed E-state index contributed by atoms with van der Waals surface area (Å²) in [6.07, 6.45) is 12.9. The Morgan fingerprint density at radius 1 is 0.645 bits per heavy atom. The van der Waals surface area contributed by atoms with Crippen molar-refractivity contribution in [3.05, 3.63) is 58.7 Å². The molecule has 0 aromatic heterocycles.